The van der Waals surface area contributed by atoms with E-state index in [0.29, 0.717) is 6.10 Å². The summed E-state index contributed by atoms with van der Waals surface area (Å²) in [6, 6.07) is 0.784. The minimum Gasteiger partial charge on any atom is -0.378 e. The Morgan fingerprint density at radius 3 is 2.26 bits per heavy atom. The SMILES string of the molecule is CC.CCOC1CC(N(C)CC2CCN(C)CC2)C1. The van der Waals surface area contributed by atoms with Gasteiger partial charge in [0.25, 0.3) is 0 Å². The van der Waals surface area contributed by atoms with Gasteiger partial charge in [0.05, 0.1) is 6.10 Å². The van der Waals surface area contributed by atoms with Crippen molar-refractivity contribution in [3.8, 4) is 0 Å². The molecule has 0 N–H and O–H groups in total. The van der Waals surface area contributed by atoms with Crippen LogP contribution in [0.2, 0.25) is 0 Å². The first-order valence-corrected chi connectivity index (χ1v) is 8.19. The Labute approximate surface area is 120 Å². The van der Waals surface area contributed by atoms with Gasteiger partial charge in [0.15, 0.2) is 0 Å². The highest BCUT2D eigenvalue weighted by Crippen LogP contribution is 2.29. The zero-order valence-electron chi connectivity index (χ0n) is 13.7. The van der Waals surface area contributed by atoms with E-state index in [4.69, 9.17) is 4.74 Å². The number of hydrogen-bond donors (Lipinski definition) is 0. The van der Waals surface area contributed by atoms with Crippen molar-refractivity contribution < 1.29 is 4.74 Å². The molecule has 3 nitrogen and oxygen atoms in total. The summed E-state index contributed by atoms with van der Waals surface area (Å²) in [4.78, 5) is 5.02. The maximum Gasteiger partial charge on any atom is 0.0604 e. The molecule has 0 unspecified atom stereocenters. The van der Waals surface area contributed by atoms with Crippen LogP contribution < -0.4 is 0 Å². The average molecular weight is 270 g/mol. The van der Waals surface area contributed by atoms with Crippen LogP contribution in [0.3, 0.4) is 0 Å². The molecule has 19 heavy (non-hydrogen) atoms. The summed E-state index contributed by atoms with van der Waals surface area (Å²) in [5.41, 5.74) is 0. The van der Waals surface area contributed by atoms with Gasteiger partial charge >= 0.3 is 0 Å². The molecule has 2 rings (SSSR count). The Morgan fingerprint density at radius 1 is 1.16 bits per heavy atom. The van der Waals surface area contributed by atoms with E-state index in [1.807, 2.05) is 13.8 Å². The zero-order chi connectivity index (χ0) is 14.3. The highest BCUT2D eigenvalue weighted by molar-refractivity contribution is 4.88. The van der Waals surface area contributed by atoms with E-state index in [1.165, 1.54) is 45.3 Å². The van der Waals surface area contributed by atoms with Gasteiger partial charge in [-0.3, -0.25) is 0 Å². The standard InChI is InChI=1S/C14H28N2O.C2H6/c1-4-17-14-9-13(10-14)16(3)11-12-5-7-15(2)8-6-12;1-2/h12-14H,4-11H2,1-3H3;1-2H3. The van der Waals surface area contributed by atoms with E-state index in [9.17, 15) is 0 Å². The Balaban J connectivity index is 0.000000861. The molecule has 2 fully saturated rings. The van der Waals surface area contributed by atoms with Crippen molar-refractivity contribution in [1.29, 1.82) is 0 Å². The molecule has 0 radical (unpaired) electrons. The lowest BCUT2D eigenvalue weighted by molar-refractivity contribution is -0.0443. The van der Waals surface area contributed by atoms with Gasteiger partial charge in [-0.05, 0) is 65.7 Å². The lowest BCUT2D eigenvalue weighted by Crippen LogP contribution is -2.48. The predicted molar refractivity (Wildman–Crippen MR) is 82.6 cm³/mol. The van der Waals surface area contributed by atoms with Crippen molar-refractivity contribution >= 4 is 0 Å². The van der Waals surface area contributed by atoms with Crippen LogP contribution in [0.15, 0.2) is 0 Å². The fraction of sp³-hybridized carbons (Fsp3) is 1.00. The largest absolute Gasteiger partial charge is 0.378 e. The maximum atomic E-state index is 5.63. The van der Waals surface area contributed by atoms with E-state index in [-0.39, 0.29) is 0 Å². The van der Waals surface area contributed by atoms with E-state index in [0.717, 1.165) is 18.6 Å². The molecule has 0 bridgehead atoms. The predicted octanol–water partition coefficient (Wildman–Crippen LogP) is 2.85. The molecule has 1 saturated heterocycles. The summed E-state index contributed by atoms with van der Waals surface area (Å²) in [5, 5.41) is 0. The third-order valence-electron chi connectivity index (χ3n) is 4.48. The summed E-state index contributed by atoms with van der Waals surface area (Å²) < 4.78 is 5.63. The second-order valence-electron chi connectivity index (χ2n) is 5.89. The van der Waals surface area contributed by atoms with Crippen molar-refractivity contribution in [2.24, 2.45) is 5.92 Å². The molecule has 0 atom stereocenters. The molecule has 114 valence electrons. The molecular formula is C16H34N2O. The van der Waals surface area contributed by atoms with Crippen LogP contribution in [0.4, 0.5) is 0 Å². The van der Waals surface area contributed by atoms with Crippen molar-refractivity contribution in [2.75, 3.05) is 40.3 Å². The Bertz CT molecular complexity index is 221. The molecule has 0 aromatic carbocycles. The Morgan fingerprint density at radius 2 is 1.74 bits per heavy atom. The monoisotopic (exact) mass is 270 g/mol. The average Bonchev–Trinajstić information content (AvgIpc) is 2.38. The molecule has 3 heteroatoms. The first kappa shape index (κ1) is 16.9. The number of piperidine rings is 1. The summed E-state index contributed by atoms with van der Waals surface area (Å²) in [5.74, 6) is 0.919. The Kier molecular flexibility index (Phi) is 7.96. The van der Waals surface area contributed by atoms with Crippen molar-refractivity contribution in [3.63, 3.8) is 0 Å². The van der Waals surface area contributed by atoms with Crippen molar-refractivity contribution in [3.05, 3.63) is 0 Å². The van der Waals surface area contributed by atoms with E-state index >= 15 is 0 Å². The van der Waals surface area contributed by atoms with Crippen LogP contribution in [0.5, 0.6) is 0 Å². The number of likely N-dealkylation sites (tertiary alicyclic amines) is 1. The number of rotatable bonds is 5. The molecule has 0 spiro atoms. The van der Waals surface area contributed by atoms with Crippen LogP contribution in [0.1, 0.15) is 46.5 Å². The Hall–Kier alpha value is -0.120. The van der Waals surface area contributed by atoms with Gasteiger partial charge in [0.2, 0.25) is 0 Å². The van der Waals surface area contributed by atoms with Crippen LogP contribution >= 0.6 is 0 Å². The second-order valence-corrected chi connectivity index (χ2v) is 5.89. The molecule has 1 aliphatic heterocycles. The van der Waals surface area contributed by atoms with Gasteiger partial charge in [-0.25, -0.2) is 0 Å². The van der Waals surface area contributed by atoms with Gasteiger partial charge in [-0.15, -0.1) is 0 Å². The summed E-state index contributed by atoms with van der Waals surface area (Å²) in [6.07, 6.45) is 5.80. The van der Waals surface area contributed by atoms with Crippen LogP contribution in [0, 0.1) is 5.92 Å². The lowest BCUT2D eigenvalue weighted by Gasteiger charge is -2.42. The fourth-order valence-electron chi connectivity index (χ4n) is 3.07. The van der Waals surface area contributed by atoms with Gasteiger partial charge < -0.3 is 14.5 Å². The number of ether oxygens (including phenoxy) is 1. The smallest absolute Gasteiger partial charge is 0.0604 e. The highest BCUT2D eigenvalue weighted by atomic mass is 16.5. The zero-order valence-corrected chi connectivity index (χ0v) is 13.7. The summed E-state index contributed by atoms with van der Waals surface area (Å²) in [6.45, 7) is 10.8. The summed E-state index contributed by atoms with van der Waals surface area (Å²) in [7, 11) is 4.53. The first-order valence-electron chi connectivity index (χ1n) is 8.19. The molecular weight excluding hydrogens is 236 g/mol. The lowest BCUT2D eigenvalue weighted by atomic mass is 9.86. The van der Waals surface area contributed by atoms with Gasteiger partial charge in [0, 0.05) is 19.2 Å². The molecule has 0 amide bonds. The minimum absolute atomic E-state index is 0.546. The normalized spacial score (nSPS) is 28.7. The van der Waals surface area contributed by atoms with Crippen molar-refractivity contribution in [2.45, 2.75) is 58.6 Å². The van der Waals surface area contributed by atoms with Crippen LogP contribution in [0.25, 0.3) is 0 Å². The minimum atomic E-state index is 0.546. The van der Waals surface area contributed by atoms with Gasteiger partial charge in [-0.1, -0.05) is 13.8 Å². The fourth-order valence-corrected chi connectivity index (χ4v) is 3.07. The van der Waals surface area contributed by atoms with Crippen LogP contribution in [-0.4, -0.2) is 62.3 Å². The molecule has 1 heterocycles. The second kappa shape index (κ2) is 8.93. The van der Waals surface area contributed by atoms with E-state index in [1.54, 1.807) is 0 Å². The third-order valence-corrected chi connectivity index (χ3v) is 4.48. The van der Waals surface area contributed by atoms with Gasteiger partial charge in [-0.2, -0.15) is 0 Å². The maximum absolute atomic E-state index is 5.63. The number of hydrogen-bond acceptors (Lipinski definition) is 3. The van der Waals surface area contributed by atoms with Crippen molar-refractivity contribution in [1.82, 2.24) is 9.80 Å². The topological polar surface area (TPSA) is 15.7 Å². The van der Waals surface area contributed by atoms with E-state index < -0.39 is 0 Å². The van der Waals surface area contributed by atoms with Gasteiger partial charge in [0.1, 0.15) is 0 Å². The number of nitrogens with zero attached hydrogens (tertiary/aromatic N) is 2. The molecule has 0 aromatic rings. The molecule has 1 saturated carbocycles. The molecule has 1 aliphatic carbocycles. The first-order chi connectivity index (χ1) is 9.19. The van der Waals surface area contributed by atoms with Crippen LogP contribution in [-0.2, 0) is 4.74 Å². The van der Waals surface area contributed by atoms with E-state index in [2.05, 4.69) is 30.8 Å². The highest BCUT2D eigenvalue weighted by Gasteiger charge is 2.33. The summed E-state index contributed by atoms with van der Waals surface area (Å²) >= 11 is 0. The quantitative estimate of drug-likeness (QED) is 0.764. The molecule has 2 aliphatic rings. The molecule has 0 aromatic heterocycles. The third kappa shape index (κ3) is 5.41.